The number of hydrogen-bond acceptors (Lipinski definition) is 4. The van der Waals surface area contributed by atoms with Crippen molar-refractivity contribution in [2.45, 2.75) is 12.8 Å². The molecular formula is C21H23NO4. The Morgan fingerprint density at radius 2 is 1.85 bits per heavy atom. The molecule has 1 aliphatic rings. The van der Waals surface area contributed by atoms with Gasteiger partial charge in [0.1, 0.15) is 11.5 Å². The monoisotopic (exact) mass is 353 g/mol. The van der Waals surface area contributed by atoms with Crippen LogP contribution in [0.2, 0.25) is 0 Å². The fourth-order valence-corrected chi connectivity index (χ4v) is 3.18. The van der Waals surface area contributed by atoms with Crippen molar-refractivity contribution in [3.63, 3.8) is 0 Å². The van der Waals surface area contributed by atoms with Crippen LogP contribution in [0.4, 0.5) is 0 Å². The molecule has 2 aromatic rings. The topological polar surface area (TPSA) is 55.8 Å². The van der Waals surface area contributed by atoms with Gasteiger partial charge in [0, 0.05) is 30.6 Å². The van der Waals surface area contributed by atoms with Gasteiger partial charge in [-0.05, 0) is 25.0 Å². The number of Topliss-reactive ketones (excluding diaryl/α,β-unsaturated/α-hetero) is 1. The third-order valence-corrected chi connectivity index (χ3v) is 4.61. The van der Waals surface area contributed by atoms with Crippen LogP contribution in [0, 0.1) is 5.92 Å². The van der Waals surface area contributed by atoms with Crippen LogP contribution in [0.3, 0.4) is 0 Å². The van der Waals surface area contributed by atoms with Crippen LogP contribution >= 0.6 is 0 Å². The van der Waals surface area contributed by atoms with E-state index in [2.05, 4.69) is 0 Å². The zero-order valence-corrected chi connectivity index (χ0v) is 14.9. The summed E-state index contributed by atoms with van der Waals surface area (Å²) < 4.78 is 10.7. The van der Waals surface area contributed by atoms with Crippen LogP contribution in [0.25, 0.3) is 0 Å². The van der Waals surface area contributed by atoms with E-state index in [0.29, 0.717) is 30.2 Å². The highest BCUT2D eigenvalue weighted by atomic mass is 16.5. The average Bonchev–Trinajstić information content (AvgIpc) is 2.72. The zero-order valence-electron chi connectivity index (χ0n) is 14.9. The second-order valence-electron chi connectivity index (χ2n) is 6.38. The highest BCUT2D eigenvalue weighted by Gasteiger charge is 2.29. The summed E-state index contributed by atoms with van der Waals surface area (Å²) in [5.41, 5.74) is 0.708. The summed E-state index contributed by atoms with van der Waals surface area (Å²) in [5.74, 6) is 1.13. The Kier molecular flexibility index (Phi) is 5.89. The number of piperidine rings is 1. The maximum Gasteiger partial charge on any atom is 0.260 e. The summed E-state index contributed by atoms with van der Waals surface area (Å²) in [6, 6.07) is 16.4. The van der Waals surface area contributed by atoms with E-state index in [-0.39, 0.29) is 24.2 Å². The number of amides is 1. The van der Waals surface area contributed by atoms with Gasteiger partial charge >= 0.3 is 0 Å². The van der Waals surface area contributed by atoms with Gasteiger partial charge in [-0.2, -0.15) is 0 Å². The number of hydrogen-bond donors (Lipinski definition) is 0. The predicted octanol–water partition coefficient (Wildman–Crippen LogP) is 3.20. The molecule has 0 spiro atoms. The van der Waals surface area contributed by atoms with E-state index in [1.165, 1.54) is 0 Å². The standard InChI is InChI=1S/C21H23NO4/c1-25-18-10-5-11-19(13-18)26-15-20(23)22-12-6-9-17(14-22)21(24)16-7-3-2-4-8-16/h2-5,7-8,10-11,13,17H,6,9,12,14-15H2,1H3. The van der Waals surface area contributed by atoms with E-state index in [1.54, 1.807) is 24.1 Å². The number of benzene rings is 2. The molecule has 0 N–H and O–H groups in total. The minimum Gasteiger partial charge on any atom is -0.497 e. The first-order chi connectivity index (χ1) is 12.7. The predicted molar refractivity (Wildman–Crippen MR) is 98.6 cm³/mol. The fourth-order valence-electron chi connectivity index (χ4n) is 3.18. The molecule has 0 bridgehead atoms. The quantitative estimate of drug-likeness (QED) is 0.749. The molecule has 1 unspecified atom stereocenters. The second-order valence-corrected chi connectivity index (χ2v) is 6.38. The number of carbonyl (C=O) groups excluding carboxylic acids is 2. The van der Waals surface area contributed by atoms with E-state index < -0.39 is 0 Å². The number of nitrogens with zero attached hydrogens (tertiary/aromatic N) is 1. The third kappa shape index (κ3) is 4.42. The molecule has 5 heteroatoms. The van der Waals surface area contributed by atoms with Gasteiger partial charge in [-0.25, -0.2) is 0 Å². The molecule has 26 heavy (non-hydrogen) atoms. The number of ether oxygens (including phenoxy) is 2. The van der Waals surface area contributed by atoms with Gasteiger partial charge < -0.3 is 14.4 Å². The largest absolute Gasteiger partial charge is 0.497 e. The Hall–Kier alpha value is -2.82. The molecule has 1 amide bonds. The first-order valence-corrected chi connectivity index (χ1v) is 8.81. The lowest BCUT2D eigenvalue weighted by atomic mass is 9.90. The molecule has 1 heterocycles. The minimum absolute atomic E-state index is 0.0422. The lowest BCUT2D eigenvalue weighted by molar-refractivity contribution is -0.134. The molecule has 1 saturated heterocycles. The van der Waals surface area contributed by atoms with Gasteiger partial charge in [0.05, 0.1) is 7.11 Å². The lowest BCUT2D eigenvalue weighted by Gasteiger charge is -2.32. The zero-order chi connectivity index (χ0) is 18.4. The van der Waals surface area contributed by atoms with Crippen LogP contribution < -0.4 is 9.47 Å². The van der Waals surface area contributed by atoms with Crippen molar-refractivity contribution in [1.82, 2.24) is 4.90 Å². The van der Waals surface area contributed by atoms with E-state index in [4.69, 9.17) is 9.47 Å². The first kappa shape index (κ1) is 18.0. The molecule has 2 aromatic carbocycles. The van der Waals surface area contributed by atoms with Gasteiger partial charge in [-0.3, -0.25) is 9.59 Å². The Labute approximate surface area is 153 Å². The summed E-state index contributed by atoms with van der Waals surface area (Å²) in [7, 11) is 1.59. The van der Waals surface area contributed by atoms with Crippen molar-refractivity contribution in [3.8, 4) is 11.5 Å². The van der Waals surface area contributed by atoms with Gasteiger partial charge in [-0.15, -0.1) is 0 Å². The fraction of sp³-hybridized carbons (Fsp3) is 0.333. The third-order valence-electron chi connectivity index (χ3n) is 4.61. The summed E-state index contributed by atoms with van der Waals surface area (Å²) >= 11 is 0. The van der Waals surface area contributed by atoms with Crippen molar-refractivity contribution in [1.29, 1.82) is 0 Å². The molecule has 1 atom stereocenters. The average molecular weight is 353 g/mol. The van der Waals surface area contributed by atoms with Crippen LogP contribution in [0.5, 0.6) is 11.5 Å². The highest BCUT2D eigenvalue weighted by molar-refractivity contribution is 5.98. The molecule has 0 aromatic heterocycles. The lowest BCUT2D eigenvalue weighted by Crippen LogP contribution is -2.44. The molecule has 0 saturated carbocycles. The Morgan fingerprint density at radius 3 is 2.62 bits per heavy atom. The van der Waals surface area contributed by atoms with Crippen molar-refractivity contribution < 1.29 is 19.1 Å². The highest BCUT2D eigenvalue weighted by Crippen LogP contribution is 2.22. The summed E-state index contributed by atoms with van der Waals surface area (Å²) in [4.78, 5) is 26.9. The summed E-state index contributed by atoms with van der Waals surface area (Å²) in [6.45, 7) is 1.08. The minimum atomic E-state index is -0.146. The maximum absolute atomic E-state index is 12.6. The van der Waals surface area contributed by atoms with Gasteiger partial charge in [0.2, 0.25) is 0 Å². The van der Waals surface area contributed by atoms with Crippen LogP contribution in [0.15, 0.2) is 54.6 Å². The molecule has 3 rings (SSSR count). The van der Waals surface area contributed by atoms with E-state index in [0.717, 1.165) is 12.8 Å². The molecule has 1 fully saturated rings. The van der Waals surface area contributed by atoms with Crippen molar-refractivity contribution >= 4 is 11.7 Å². The van der Waals surface area contributed by atoms with Crippen LogP contribution in [0.1, 0.15) is 23.2 Å². The van der Waals surface area contributed by atoms with Crippen molar-refractivity contribution in [2.75, 3.05) is 26.8 Å². The van der Waals surface area contributed by atoms with Crippen LogP contribution in [-0.4, -0.2) is 43.4 Å². The van der Waals surface area contributed by atoms with E-state index in [9.17, 15) is 9.59 Å². The van der Waals surface area contributed by atoms with E-state index >= 15 is 0 Å². The molecule has 5 nitrogen and oxygen atoms in total. The Balaban J connectivity index is 1.56. The summed E-state index contributed by atoms with van der Waals surface area (Å²) in [5, 5.41) is 0. The molecule has 136 valence electrons. The van der Waals surface area contributed by atoms with Gasteiger partial charge in [0.25, 0.3) is 5.91 Å². The molecule has 0 aliphatic carbocycles. The van der Waals surface area contributed by atoms with Gasteiger partial charge in [-0.1, -0.05) is 36.4 Å². The number of likely N-dealkylation sites (tertiary alicyclic amines) is 1. The van der Waals surface area contributed by atoms with Crippen molar-refractivity contribution in [3.05, 3.63) is 60.2 Å². The maximum atomic E-state index is 12.6. The van der Waals surface area contributed by atoms with Gasteiger partial charge in [0.15, 0.2) is 12.4 Å². The first-order valence-electron chi connectivity index (χ1n) is 8.81. The Bertz CT molecular complexity index is 760. The SMILES string of the molecule is COc1cccc(OCC(=O)N2CCCC(C(=O)c3ccccc3)C2)c1. The summed E-state index contributed by atoms with van der Waals surface area (Å²) in [6.07, 6.45) is 1.64. The van der Waals surface area contributed by atoms with Crippen molar-refractivity contribution in [2.24, 2.45) is 5.92 Å². The number of methoxy groups -OCH3 is 1. The van der Waals surface area contributed by atoms with E-state index in [1.807, 2.05) is 42.5 Å². The normalized spacial score (nSPS) is 16.8. The number of rotatable bonds is 6. The molecular weight excluding hydrogens is 330 g/mol. The Morgan fingerprint density at radius 1 is 1.08 bits per heavy atom. The smallest absolute Gasteiger partial charge is 0.260 e. The number of ketones is 1. The van der Waals surface area contributed by atoms with Crippen LogP contribution in [-0.2, 0) is 4.79 Å². The molecule has 1 aliphatic heterocycles. The number of carbonyl (C=O) groups is 2. The molecule has 0 radical (unpaired) electrons. The second kappa shape index (κ2) is 8.52.